The van der Waals surface area contributed by atoms with Crippen LogP contribution in [0.3, 0.4) is 0 Å². The first kappa shape index (κ1) is 12.1. The zero-order valence-electron chi connectivity index (χ0n) is 11.6. The molecule has 2 heterocycles. The highest BCUT2D eigenvalue weighted by Gasteiger charge is 2.25. The van der Waals surface area contributed by atoms with Gasteiger partial charge in [-0.3, -0.25) is 4.98 Å². The van der Waals surface area contributed by atoms with Crippen LogP contribution in [0.25, 0.3) is 11.3 Å². The van der Waals surface area contributed by atoms with Gasteiger partial charge in [-0.15, -0.1) is 0 Å². The Labute approximate surface area is 123 Å². The van der Waals surface area contributed by atoms with Crippen LogP contribution >= 0.6 is 0 Å². The molecule has 4 nitrogen and oxygen atoms in total. The molecule has 0 fully saturated rings. The number of benzene rings is 1. The van der Waals surface area contributed by atoms with E-state index in [0.29, 0.717) is 6.04 Å². The third-order valence-corrected chi connectivity index (χ3v) is 4.17. The predicted molar refractivity (Wildman–Crippen MR) is 82.8 cm³/mol. The van der Waals surface area contributed by atoms with E-state index >= 15 is 0 Å². The van der Waals surface area contributed by atoms with Crippen LogP contribution in [0.4, 0.5) is 5.69 Å². The molecule has 1 aliphatic carbocycles. The minimum Gasteiger partial charge on any atom is -0.399 e. The molecule has 104 valence electrons. The van der Waals surface area contributed by atoms with Crippen LogP contribution in [-0.2, 0) is 6.42 Å². The topological polar surface area (TPSA) is 56.7 Å². The summed E-state index contributed by atoms with van der Waals surface area (Å²) >= 11 is 0. The number of anilines is 1. The van der Waals surface area contributed by atoms with Crippen LogP contribution in [0.1, 0.15) is 23.6 Å². The molecule has 0 radical (unpaired) electrons. The summed E-state index contributed by atoms with van der Waals surface area (Å²) in [5.41, 5.74) is 11.6. The summed E-state index contributed by atoms with van der Waals surface area (Å²) < 4.78 is 2.25. The lowest BCUT2D eigenvalue weighted by atomic mass is 10.1. The number of hydrogen-bond donors (Lipinski definition) is 1. The van der Waals surface area contributed by atoms with E-state index in [2.05, 4.69) is 32.7 Å². The molecule has 4 heteroatoms. The number of pyridine rings is 1. The predicted octanol–water partition coefficient (Wildman–Crippen LogP) is 3.06. The molecule has 1 unspecified atom stereocenters. The number of aryl methyl sites for hydroxylation is 1. The maximum Gasteiger partial charge on any atom is 0.0956 e. The van der Waals surface area contributed by atoms with Crippen molar-refractivity contribution < 1.29 is 0 Å². The van der Waals surface area contributed by atoms with E-state index in [-0.39, 0.29) is 0 Å². The van der Waals surface area contributed by atoms with Gasteiger partial charge >= 0.3 is 0 Å². The fourth-order valence-electron chi connectivity index (χ4n) is 3.19. The lowest BCUT2D eigenvalue weighted by Crippen LogP contribution is -2.07. The van der Waals surface area contributed by atoms with Crippen molar-refractivity contribution in [1.29, 1.82) is 0 Å². The second kappa shape index (κ2) is 4.74. The van der Waals surface area contributed by atoms with Gasteiger partial charge in [0.2, 0.25) is 0 Å². The minimum absolute atomic E-state index is 0.332. The number of hydrogen-bond acceptors (Lipinski definition) is 3. The number of rotatable bonds is 2. The number of aromatic nitrogens is 3. The number of imidazole rings is 1. The first-order chi connectivity index (χ1) is 10.3. The van der Waals surface area contributed by atoms with Crippen molar-refractivity contribution in [2.75, 3.05) is 5.73 Å². The van der Waals surface area contributed by atoms with Crippen LogP contribution in [0, 0.1) is 0 Å². The van der Waals surface area contributed by atoms with Gasteiger partial charge < -0.3 is 10.3 Å². The summed E-state index contributed by atoms with van der Waals surface area (Å²) in [6.07, 6.45) is 9.65. The van der Waals surface area contributed by atoms with E-state index in [4.69, 9.17) is 5.73 Å². The quantitative estimate of drug-likeness (QED) is 0.732. The molecule has 0 amide bonds. The van der Waals surface area contributed by atoms with Gasteiger partial charge in [0.25, 0.3) is 0 Å². The first-order valence-electron chi connectivity index (χ1n) is 7.13. The zero-order valence-corrected chi connectivity index (χ0v) is 11.6. The standard InChI is InChI=1S/C17H16N4/c18-14-4-5-15-12(8-14)3-6-16(15)21-11-20-10-17(21)13-2-1-7-19-9-13/h1-2,4-5,7-11,16H,3,6,18H2. The molecule has 0 saturated heterocycles. The molecular weight excluding hydrogens is 260 g/mol. The highest BCUT2D eigenvalue weighted by atomic mass is 15.1. The Balaban J connectivity index is 1.79. The average molecular weight is 276 g/mol. The van der Waals surface area contributed by atoms with E-state index in [0.717, 1.165) is 29.8 Å². The Morgan fingerprint density at radius 1 is 1.14 bits per heavy atom. The third kappa shape index (κ3) is 2.00. The molecule has 0 spiro atoms. The lowest BCUT2D eigenvalue weighted by Gasteiger charge is -2.17. The molecule has 0 saturated carbocycles. The Morgan fingerprint density at radius 3 is 2.95 bits per heavy atom. The maximum atomic E-state index is 5.89. The molecule has 1 aromatic carbocycles. The summed E-state index contributed by atoms with van der Waals surface area (Å²) in [7, 11) is 0. The van der Waals surface area contributed by atoms with Gasteiger partial charge in [-0.1, -0.05) is 6.07 Å². The summed E-state index contributed by atoms with van der Waals surface area (Å²) in [5.74, 6) is 0. The molecular formula is C17H16N4. The zero-order chi connectivity index (χ0) is 14.2. The molecule has 0 aliphatic heterocycles. The number of nitrogens with two attached hydrogens (primary N) is 1. The van der Waals surface area contributed by atoms with Gasteiger partial charge in [-0.25, -0.2) is 4.98 Å². The van der Waals surface area contributed by atoms with Crippen LogP contribution in [0.2, 0.25) is 0 Å². The van der Waals surface area contributed by atoms with Crippen LogP contribution in [-0.4, -0.2) is 14.5 Å². The van der Waals surface area contributed by atoms with E-state index in [1.54, 1.807) is 6.20 Å². The van der Waals surface area contributed by atoms with Crippen molar-refractivity contribution >= 4 is 5.69 Å². The summed E-state index contributed by atoms with van der Waals surface area (Å²) in [4.78, 5) is 8.55. The fourth-order valence-corrected chi connectivity index (χ4v) is 3.19. The van der Waals surface area contributed by atoms with Gasteiger partial charge in [0.1, 0.15) is 0 Å². The second-order valence-electron chi connectivity index (χ2n) is 5.44. The monoisotopic (exact) mass is 276 g/mol. The molecule has 4 rings (SSSR count). The summed E-state index contributed by atoms with van der Waals surface area (Å²) in [6.45, 7) is 0. The van der Waals surface area contributed by atoms with E-state index < -0.39 is 0 Å². The number of nitrogens with zero attached hydrogens (tertiary/aromatic N) is 3. The van der Waals surface area contributed by atoms with E-state index in [1.165, 1.54) is 11.1 Å². The molecule has 0 bridgehead atoms. The Hall–Kier alpha value is -2.62. The lowest BCUT2D eigenvalue weighted by molar-refractivity contribution is 0.584. The molecule has 3 aromatic rings. The minimum atomic E-state index is 0.332. The molecule has 2 N–H and O–H groups in total. The second-order valence-corrected chi connectivity index (χ2v) is 5.44. The molecule has 1 aliphatic rings. The number of nitrogen functional groups attached to an aromatic ring is 1. The fraction of sp³-hybridized carbons (Fsp3) is 0.176. The van der Waals surface area contributed by atoms with Gasteiger partial charge in [0.05, 0.1) is 24.3 Å². The van der Waals surface area contributed by atoms with Crippen molar-refractivity contribution in [3.63, 3.8) is 0 Å². The van der Waals surface area contributed by atoms with E-state index in [1.807, 2.05) is 30.9 Å². The van der Waals surface area contributed by atoms with Crippen molar-refractivity contribution in [2.24, 2.45) is 0 Å². The van der Waals surface area contributed by atoms with Crippen LogP contribution in [0.15, 0.2) is 55.2 Å². The smallest absolute Gasteiger partial charge is 0.0956 e. The first-order valence-corrected chi connectivity index (χ1v) is 7.13. The van der Waals surface area contributed by atoms with Crippen molar-refractivity contribution in [3.05, 3.63) is 66.4 Å². The van der Waals surface area contributed by atoms with Gasteiger partial charge in [0, 0.05) is 23.6 Å². The summed E-state index contributed by atoms with van der Waals surface area (Å²) in [6, 6.07) is 10.6. The maximum absolute atomic E-state index is 5.89. The van der Waals surface area contributed by atoms with Gasteiger partial charge in [0.15, 0.2) is 0 Å². The van der Waals surface area contributed by atoms with Crippen LogP contribution in [0.5, 0.6) is 0 Å². The SMILES string of the molecule is Nc1ccc2c(c1)CCC2n1cncc1-c1cccnc1. The van der Waals surface area contributed by atoms with Gasteiger partial charge in [-0.2, -0.15) is 0 Å². The largest absolute Gasteiger partial charge is 0.399 e. The normalized spacial score (nSPS) is 16.9. The Kier molecular flexibility index (Phi) is 2.74. The highest BCUT2D eigenvalue weighted by Crippen LogP contribution is 2.37. The van der Waals surface area contributed by atoms with Crippen molar-refractivity contribution in [3.8, 4) is 11.3 Å². The summed E-state index contributed by atoms with van der Waals surface area (Å²) in [5, 5.41) is 0. The van der Waals surface area contributed by atoms with E-state index in [9.17, 15) is 0 Å². The average Bonchev–Trinajstić information content (AvgIpc) is 3.13. The van der Waals surface area contributed by atoms with Crippen LogP contribution < -0.4 is 5.73 Å². The van der Waals surface area contributed by atoms with Crippen molar-refractivity contribution in [1.82, 2.24) is 14.5 Å². The molecule has 21 heavy (non-hydrogen) atoms. The molecule has 1 atom stereocenters. The highest BCUT2D eigenvalue weighted by molar-refractivity contribution is 5.58. The van der Waals surface area contributed by atoms with Gasteiger partial charge in [-0.05, 0) is 48.2 Å². The molecule has 2 aromatic heterocycles. The third-order valence-electron chi connectivity index (χ3n) is 4.17. The van der Waals surface area contributed by atoms with Crippen molar-refractivity contribution in [2.45, 2.75) is 18.9 Å². The number of fused-ring (bicyclic) bond motifs is 1. The Morgan fingerprint density at radius 2 is 2.10 bits per heavy atom. The Bertz CT molecular complexity index is 776.